The molecule has 1 unspecified atom stereocenters. The van der Waals surface area contributed by atoms with Crippen molar-refractivity contribution in [2.24, 2.45) is 5.92 Å². The number of aliphatic hydroxyl groups is 1. The summed E-state index contributed by atoms with van der Waals surface area (Å²) >= 11 is 0. The minimum absolute atomic E-state index is 0.0442. The second-order valence-electron chi connectivity index (χ2n) is 6.29. The number of rotatable bonds is 7. The molecule has 0 saturated heterocycles. The molecule has 120 valence electrons. The molecule has 0 aliphatic heterocycles. The van der Waals surface area contributed by atoms with Crippen LogP contribution < -0.4 is 5.32 Å². The largest absolute Gasteiger partial charge is 0.396 e. The zero-order valence-corrected chi connectivity index (χ0v) is 13.6. The van der Waals surface area contributed by atoms with Gasteiger partial charge in [0.05, 0.1) is 0 Å². The Kier molecular flexibility index (Phi) is 5.61. The van der Waals surface area contributed by atoms with Crippen LogP contribution in [0.25, 0.3) is 10.9 Å². The van der Waals surface area contributed by atoms with Crippen molar-refractivity contribution in [3.63, 3.8) is 0 Å². The number of aliphatic hydroxyl groups excluding tert-OH is 1. The Bertz CT molecular complexity index is 631. The quantitative estimate of drug-likeness (QED) is 0.736. The summed E-state index contributed by atoms with van der Waals surface area (Å²) in [7, 11) is 0. The molecule has 22 heavy (non-hydrogen) atoms. The fourth-order valence-corrected chi connectivity index (χ4v) is 2.74. The van der Waals surface area contributed by atoms with Crippen molar-refractivity contribution in [1.29, 1.82) is 0 Å². The summed E-state index contributed by atoms with van der Waals surface area (Å²) in [5, 5.41) is 13.3. The number of carbonyl (C=O) groups excluding carboxylic acids is 1. The Morgan fingerprint density at radius 1 is 1.36 bits per heavy atom. The van der Waals surface area contributed by atoms with E-state index in [1.54, 1.807) is 0 Å². The lowest BCUT2D eigenvalue weighted by Gasteiger charge is -2.21. The Labute approximate surface area is 131 Å². The minimum atomic E-state index is 0.0442. The fourth-order valence-electron chi connectivity index (χ4n) is 2.74. The van der Waals surface area contributed by atoms with Gasteiger partial charge in [0.25, 0.3) is 0 Å². The first kappa shape index (κ1) is 16.6. The van der Waals surface area contributed by atoms with Crippen LogP contribution in [0.3, 0.4) is 0 Å². The Morgan fingerprint density at radius 2 is 2.14 bits per heavy atom. The maximum Gasteiger partial charge on any atom is 0.220 e. The normalized spacial score (nSPS) is 12.8. The first-order chi connectivity index (χ1) is 10.5. The molecule has 1 aromatic carbocycles. The molecule has 1 aromatic heterocycles. The second kappa shape index (κ2) is 7.45. The summed E-state index contributed by atoms with van der Waals surface area (Å²) in [6.45, 7) is 6.29. The molecule has 0 aliphatic carbocycles. The minimum Gasteiger partial charge on any atom is -0.396 e. The number of benzene rings is 1. The molecule has 0 spiro atoms. The summed E-state index contributed by atoms with van der Waals surface area (Å²) in [4.78, 5) is 15.4. The van der Waals surface area contributed by atoms with Crippen LogP contribution in [0.1, 0.15) is 37.8 Å². The van der Waals surface area contributed by atoms with Crippen LogP contribution in [0.2, 0.25) is 0 Å². The third-order valence-electron chi connectivity index (χ3n) is 4.14. The van der Waals surface area contributed by atoms with E-state index in [4.69, 9.17) is 5.11 Å². The van der Waals surface area contributed by atoms with Crippen LogP contribution in [0.15, 0.2) is 24.4 Å². The topological polar surface area (TPSA) is 65.1 Å². The molecule has 1 heterocycles. The van der Waals surface area contributed by atoms with Gasteiger partial charge in [-0.05, 0) is 43.4 Å². The van der Waals surface area contributed by atoms with Gasteiger partial charge >= 0.3 is 0 Å². The van der Waals surface area contributed by atoms with Gasteiger partial charge in [-0.25, -0.2) is 0 Å². The van der Waals surface area contributed by atoms with E-state index in [9.17, 15) is 4.79 Å². The first-order valence-electron chi connectivity index (χ1n) is 7.98. The van der Waals surface area contributed by atoms with Gasteiger partial charge in [-0.3, -0.25) is 4.79 Å². The van der Waals surface area contributed by atoms with Gasteiger partial charge < -0.3 is 15.4 Å². The van der Waals surface area contributed by atoms with Gasteiger partial charge in [-0.15, -0.1) is 0 Å². The smallest absolute Gasteiger partial charge is 0.220 e. The van der Waals surface area contributed by atoms with E-state index < -0.39 is 0 Å². The van der Waals surface area contributed by atoms with Crippen molar-refractivity contribution in [3.8, 4) is 0 Å². The van der Waals surface area contributed by atoms with E-state index >= 15 is 0 Å². The van der Waals surface area contributed by atoms with Gasteiger partial charge in [0.15, 0.2) is 0 Å². The number of aromatic amines is 1. The highest BCUT2D eigenvalue weighted by molar-refractivity contribution is 5.85. The SMILES string of the molecule is Cc1ccc2[nH]cc(CCC(=O)NC(CCO)C(C)C)c2c1. The molecule has 2 aromatic rings. The predicted octanol–water partition coefficient (Wildman–Crippen LogP) is 2.93. The lowest BCUT2D eigenvalue weighted by Crippen LogP contribution is -2.39. The molecule has 1 atom stereocenters. The van der Waals surface area contributed by atoms with Crippen LogP contribution in [-0.4, -0.2) is 28.6 Å². The van der Waals surface area contributed by atoms with Gasteiger partial charge in [0.1, 0.15) is 0 Å². The number of hydrogen-bond donors (Lipinski definition) is 3. The van der Waals surface area contributed by atoms with Gasteiger partial charge in [-0.2, -0.15) is 0 Å². The molecular formula is C18H26N2O2. The summed E-state index contributed by atoms with van der Waals surface area (Å²) in [6.07, 6.45) is 3.79. The zero-order chi connectivity index (χ0) is 16.1. The van der Waals surface area contributed by atoms with E-state index in [-0.39, 0.29) is 18.6 Å². The maximum atomic E-state index is 12.1. The Morgan fingerprint density at radius 3 is 2.82 bits per heavy atom. The number of aromatic nitrogens is 1. The number of hydrogen-bond acceptors (Lipinski definition) is 2. The van der Waals surface area contributed by atoms with Gasteiger partial charge in [0, 0.05) is 36.2 Å². The van der Waals surface area contributed by atoms with E-state index in [2.05, 4.69) is 49.3 Å². The fraction of sp³-hybridized carbons (Fsp3) is 0.500. The van der Waals surface area contributed by atoms with Crippen LogP contribution in [0, 0.1) is 12.8 Å². The number of aryl methyl sites for hydroxylation is 2. The molecule has 0 aliphatic rings. The molecule has 4 heteroatoms. The van der Waals surface area contributed by atoms with E-state index in [0.29, 0.717) is 18.8 Å². The summed E-state index contributed by atoms with van der Waals surface area (Å²) in [6, 6.07) is 6.35. The van der Waals surface area contributed by atoms with Gasteiger partial charge in [-0.1, -0.05) is 25.5 Å². The Hall–Kier alpha value is -1.81. The molecule has 0 fully saturated rings. The number of nitrogens with one attached hydrogen (secondary N) is 2. The highest BCUT2D eigenvalue weighted by Crippen LogP contribution is 2.21. The van der Waals surface area contributed by atoms with E-state index in [0.717, 1.165) is 11.9 Å². The molecule has 0 saturated carbocycles. The standard InChI is InChI=1S/C18H26N2O2/c1-12(2)16(8-9-21)20-18(22)7-5-14-11-19-17-6-4-13(3)10-15(14)17/h4,6,10-12,16,19,21H,5,7-9H2,1-3H3,(H,20,22). The molecular weight excluding hydrogens is 276 g/mol. The lowest BCUT2D eigenvalue weighted by molar-refractivity contribution is -0.122. The first-order valence-corrected chi connectivity index (χ1v) is 7.98. The van der Waals surface area contributed by atoms with Crippen molar-refractivity contribution in [1.82, 2.24) is 10.3 Å². The zero-order valence-electron chi connectivity index (χ0n) is 13.6. The van der Waals surface area contributed by atoms with Crippen LogP contribution in [0.5, 0.6) is 0 Å². The molecule has 0 radical (unpaired) electrons. The van der Waals surface area contributed by atoms with Gasteiger partial charge in [0.2, 0.25) is 5.91 Å². The van der Waals surface area contributed by atoms with Crippen molar-refractivity contribution >= 4 is 16.8 Å². The molecule has 3 N–H and O–H groups in total. The molecule has 4 nitrogen and oxygen atoms in total. The molecule has 0 bridgehead atoms. The highest BCUT2D eigenvalue weighted by atomic mass is 16.3. The predicted molar refractivity (Wildman–Crippen MR) is 89.8 cm³/mol. The average molecular weight is 302 g/mol. The third-order valence-corrected chi connectivity index (χ3v) is 4.14. The summed E-state index contributed by atoms with van der Waals surface area (Å²) < 4.78 is 0. The lowest BCUT2D eigenvalue weighted by atomic mass is 10.0. The maximum absolute atomic E-state index is 12.1. The highest BCUT2D eigenvalue weighted by Gasteiger charge is 2.15. The van der Waals surface area contributed by atoms with Crippen molar-refractivity contribution < 1.29 is 9.90 Å². The Balaban J connectivity index is 1.96. The van der Waals surface area contributed by atoms with Crippen LogP contribution in [0.4, 0.5) is 0 Å². The number of fused-ring (bicyclic) bond motifs is 1. The second-order valence-corrected chi connectivity index (χ2v) is 6.29. The van der Waals surface area contributed by atoms with E-state index in [1.807, 2.05) is 6.20 Å². The number of H-pyrrole nitrogens is 1. The molecule has 1 amide bonds. The van der Waals surface area contributed by atoms with E-state index in [1.165, 1.54) is 16.5 Å². The third kappa shape index (κ3) is 4.10. The summed E-state index contributed by atoms with van der Waals surface area (Å²) in [5.74, 6) is 0.376. The van der Waals surface area contributed by atoms with Crippen LogP contribution in [-0.2, 0) is 11.2 Å². The number of carbonyl (C=O) groups is 1. The number of amides is 1. The van der Waals surface area contributed by atoms with Crippen molar-refractivity contribution in [3.05, 3.63) is 35.5 Å². The van der Waals surface area contributed by atoms with Crippen molar-refractivity contribution in [2.45, 2.75) is 46.1 Å². The summed E-state index contributed by atoms with van der Waals surface area (Å²) in [5.41, 5.74) is 3.51. The average Bonchev–Trinajstić information content (AvgIpc) is 2.86. The monoisotopic (exact) mass is 302 g/mol. The van der Waals surface area contributed by atoms with Crippen molar-refractivity contribution in [2.75, 3.05) is 6.61 Å². The van der Waals surface area contributed by atoms with Crippen LogP contribution >= 0.6 is 0 Å². The molecule has 2 rings (SSSR count).